The lowest BCUT2D eigenvalue weighted by molar-refractivity contribution is -0.181. The van der Waals surface area contributed by atoms with Crippen LogP contribution in [-0.2, 0) is 28.8 Å². The molecule has 10 nitrogen and oxygen atoms in total. The highest BCUT2D eigenvalue weighted by molar-refractivity contribution is 6.04. The van der Waals surface area contributed by atoms with Crippen LogP contribution in [0.5, 0.6) is 0 Å². The molecule has 430 valence electrons. The van der Waals surface area contributed by atoms with Gasteiger partial charge in [-0.25, -0.2) is 9.69 Å². The zero-order valence-corrected chi connectivity index (χ0v) is 50.1. The molecule has 0 unspecified atom stereocenters. The molecule has 0 heterocycles. The summed E-state index contributed by atoms with van der Waals surface area (Å²) in [5.41, 5.74) is -3.19. The average molecular weight is 1090 g/mol. The Hall–Kier alpha value is -4.65. The van der Waals surface area contributed by atoms with Gasteiger partial charge in [-0.05, 0) is 165 Å². The Kier molecular flexibility index (Phi) is 13.6. The molecule has 0 bridgehead atoms. The van der Waals surface area contributed by atoms with Crippen LogP contribution in [0, 0.1) is 114 Å². The number of amides is 2. The van der Waals surface area contributed by atoms with E-state index in [1.165, 1.54) is 0 Å². The van der Waals surface area contributed by atoms with E-state index < -0.39 is 67.9 Å². The van der Waals surface area contributed by atoms with E-state index in [-0.39, 0.29) is 91.7 Å². The van der Waals surface area contributed by atoms with E-state index in [0.29, 0.717) is 38.6 Å². The third kappa shape index (κ3) is 8.13. The average Bonchev–Trinajstić information content (AvgIpc) is 3.34. The van der Waals surface area contributed by atoms with Gasteiger partial charge in [-0.15, -0.1) is 0 Å². The van der Waals surface area contributed by atoms with E-state index in [9.17, 15) is 41.9 Å². The maximum absolute atomic E-state index is 14.5. The Morgan fingerprint density at radius 2 is 0.911 bits per heavy atom. The molecule has 0 aromatic heterocycles. The normalized spacial score (nSPS) is 43.7. The number of allylic oxidation sites excluding steroid dienone is 8. The molecular formula is C66H89F3N4O6. The second-order valence-electron chi connectivity index (χ2n) is 30.9. The fourth-order valence-corrected chi connectivity index (χ4v) is 20.7. The first-order valence-electron chi connectivity index (χ1n) is 29.7. The van der Waals surface area contributed by atoms with Crippen molar-refractivity contribution in [3.05, 3.63) is 69.7 Å². The number of fused-ring (bicyclic) bond motifs is 14. The molecule has 0 saturated heterocycles. The van der Waals surface area contributed by atoms with E-state index >= 15 is 0 Å². The minimum atomic E-state index is -4.51. The summed E-state index contributed by atoms with van der Waals surface area (Å²) in [5, 5.41) is 5.36. The smallest absolute Gasteiger partial charge is 0.356 e. The molecule has 10 aliphatic carbocycles. The molecule has 6 fully saturated rings. The second kappa shape index (κ2) is 18.2. The SMILES string of the molecule is [C-]#[N+]C1=C[C@]2(C)C3=CC(=O)[C@@H]4[C@@H]5CC(C)(C)CC[C@]5(C(=O)NCC(F)(F)F)CC[C@@]4(C)[C@]3(C)CC[C@H]2C(C)(C)C1=O.[C-]#[N+]C1=C[C@]2(C)C3=CC(=O)[C@@H]4[C@@H]5CC(C)(C)CC[C@]5(C(=O)NCC)CC[C@@]4(C)[C@]3(C)CC[C@H]2C(C)(C)C1=O. The summed E-state index contributed by atoms with van der Waals surface area (Å²) in [6, 6.07) is 0. The van der Waals surface area contributed by atoms with Gasteiger partial charge in [0.2, 0.25) is 23.2 Å². The van der Waals surface area contributed by atoms with Crippen LogP contribution in [0.1, 0.15) is 194 Å². The summed E-state index contributed by atoms with van der Waals surface area (Å²) >= 11 is 0. The van der Waals surface area contributed by atoms with Gasteiger partial charge >= 0.3 is 6.18 Å². The summed E-state index contributed by atoms with van der Waals surface area (Å²) in [5.74, 6) is -1.62. The van der Waals surface area contributed by atoms with Crippen LogP contribution in [0.15, 0.2) is 46.8 Å². The molecule has 14 atom stereocenters. The summed E-state index contributed by atoms with van der Waals surface area (Å²) in [6.07, 6.45) is 13.4. The van der Waals surface area contributed by atoms with E-state index in [2.05, 4.69) is 89.6 Å². The fourth-order valence-electron chi connectivity index (χ4n) is 20.7. The van der Waals surface area contributed by atoms with Gasteiger partial charge in [0.1, 0.15) is 6.54 Å². The lowest BCUT2D eigenvalue weighted by atomic mass is 9.34. The van der Waals surface area contributed by atoms with Gasteiger partial charge in [0.05, 0.1) is 24.0 Å². The quantitative estimate of drug-likeness (QED) is 0.269. The summed E-state index contributed by atoms with van der Waals surface area (Å²) in [6.45, 7) is 46.6. The van der Waals surface area contributed by atoms with Crippen molar-refractivity contribution in [2.45, 2.75) is 200 Å². The fraction of sp³-hybridized carbons (Fsp3) is 0.758. The largest absolute Gasteiger partial charge is 0.405 e. The van der Waals surface area contributed by atoms with Crippen molar-refractivity contribution < 1.29 is 41.9 Å². The Morgan fingerprint density at radius 1 is 0.557 bits per heavy atom. The Bertz CT molecular complexity index is 2930. The van der Waals surface area contributed by atoms with Crippen molar-refractivity contribution in [2.24, 2.45) is 100 Å². The van der Waals surface area contributed by atoms with Crippen LogP contribution in [0.3, 0.4) is 0 Å². The van der Waals surface area contributed by atoms with E-state index in [1.54, 1.807) is 12.2 Å². The minimum Gasteiger partial charge on any atom is -0.356 e. The Balaban J connectivity index is 0.000000192. The predicted octanol–water partition coefficient (Wildman–Crippen LogP) is 13.9. The van der Waals surface area contributed by atoms with Crippen LogP contribution < -0.4 is 10.6 Å². The molecule has 2 amide bonds. The Morgan fingerprint density at radius 3 is 1.25 bits per heavy atom. The first kappa shape index (κ1) is 59.0. The maximum atomic E-state index is 14.5. The molecule has 10 rings (SSSR count). The lowest BCUT2D eigenvalue weighted by Gasteiger charge is -2.69. The molecule has 0 radical (unpaired) electrons. The van der Waals surface area contributed by atoms with Crippen LogP contribution in [0.25, 0.3) is 9.69 Å². The van der Waals surface area contributed by atoms with Gasteiger partial charge in [-0.1, -0.05) is 120 Å². The van der Waals surface area contributed by atoms with Crippen molar-refractivity contribution >= 4 is 34.9 Å². The van der Waals surface area contributed by atoms with E-state index in [1.807, 2.05) is 46.8 Å². The topological polar surface area (TPSA) is 135 Å². The van der Waals surface area contributed by atoms with Crippen LogP contribution in [0.2, 0.25) is 0 Å². The highest BCUT2D eigenvalue weighted by Crippen LogP contribution is 2.77. The first-order valence-corrected chi connectivity index (χ1v) is 29.7. The molecule has 0 spiro atoms. The number of rotatable bonds is 4. The number of halogens is 3. The van der Waals surface area contributed by atoms with Gasteiger partial charge in [-0.2, -0.15) is 13.2 Å². The van der Waals surface area contributed by atoms with Crippen LogP contribution >= 0.6 is 0 Å². The molecule has 79 heavy (non-hydrogen) atoms. The molecule has 6 saturated carbocycles. The standard InChI is InChI=1S/C33H43F3N2O3.C33H46N2O3/c1-27(2)11-13-32(26(41)38-18-33(34,35)36)14-12-31(7)24(19(32)16-27)21(39)15-23-29(5)17-20(37-8)25(40)28(3,4)22(29)9-10-30(23,31)6;1-10-35-27(38)33-15-13-28(2,3)18-20(33)25-22(36)17-24-30(6)19-21(34-9)26(37)29(4,5)23(30)11-12-31(24,7)32(25,8)14-16-33/h15,17,19,22,24H,9-14,16,18H2,1-7H3,(H,38,41);17,19-20,23,25H,10-16,18H2,1-8H3,(H,35,38)/t19-,22-,24-,29-,30+,31+,32-;20-,23-,25-,30-,31+,32+,33-/m00/s1. The maximum Gasteiger partial charge on any atom is 0.405 e. The van der Waals surface area contributed by atoms with Gasteiger partial charge < -0.3 is 20.2 Å². The lowest BCUT2D eigenvalue weighted by Crippen LogP contribution is -2.66. The molecule has 2 N–H and O–H groups in total. The third-order valence-electron chi connectivity index (χ3n) is 25.4. The number of nitrogens with one attached hydrogen (secondary N) is 2. The van der Waals surface area contributed by atoms with Crippen LogP contribution in [-0.4, -0.2) is 54.2 Å². The van der Waals surface area contributed by atoms with Crippen LogP contribution in [0.4, 0.5) is 13.2 Å². The zero-order chi connectivity index (χ0) is 58.7. The molecular weight excluding hydrogens is 1000 g/mol. The van der Waals surface area contributed by atoms with Gasteiger partial charge in [0.15, 0.2) is 23.1 Å². The van der Waals surface area contributed by atoms with E-state index in [4.69, 9.17) is 13.1 Å². The third-order valence-corrected chi connectivity index (χ3v) is 25.4. The highest BCUT2D eigenvalue weighted by atomic mass is 19.4. The molecule has 10 aliphatic rings. The predicted molar refractivity (Wildman–Crippen MR) is 298 cm³/mol. The van der Waals surface area contributed by atoms with Crippen molar-refractivity contribution in [3.63, 3.8) is 0 Å². The number of ketones is 4. The molecule has 13 heteroatoms. The number of Topliss-reactive ketones (excluding diaryl/α,β-unsaturated/α-hetero) is 2. The number of carbonyl (C=O) groups is 6. The van der Waals surface area contributed by atoms with E-state index in [0.717, 1.165) is 68.9 Å². The first-order chi connectivity index (χ1) is 36.2. The summed E-state index contributed by atoms with van der Waals surface area (Å²) in [4.78, 5) is 90.0. The van der Waals surface area contributed by atoms with Crippen molar-refractivity contribution in [2.75, 3.05) is 13.1 Å². The van der Waals surface area contributed by atoms with Crippen molar-refractivity contribution in [1.29, 1.82) is 0 Å². The number of carbonyl (C=O) groups excluding carboxylic acids is 6. The second-order valence-corrected chi connectivity index (χ2v) is 30.9. The van der Waals surface area contributed by atoms with Crippen molar-refractivity contribution in [3.8, 4) is 0 Å². The van der Waals surface area contributed by atoms with Gasteiger partial charge in [0.25, 0.3) is 0 Å². The van der Waals surface area contributed by atoms with Gasteiger partial charge in [0, 0.05) is 40.0 Å². The number of hydrogen-bond donors (Lipinski definition) is 2. The molecule has 0 aliphatic heterocycles. The zero-order valence-electron chi connectivity index (χ0n) is 50.1. The monoisotopic (exact) mass is 1090 g/mol. The summed E-state index contributed by atoms with van der Waals surface area (Å²) < 4.78 is 39.4. The Labute approximate surface area is 468 Å². The highest BCUT2D eigenvalue weighted by Gasteiger charge is 2.73. The van der Waals surface area contributed by atoms with Gasteiger partial charge in [-0.3, -0.25) is 19.2 Å². The number of nitrogens with zero attached hydrogens (tertiary/aromatic N) is 2. The molecule has 0 aromatic carbocycles. The number of alkyl halides is 3. The van der Waals surface area contributed by atoms with Crippen molar-refractivity contribution in [1.82, 2.24) is 10.6 Å². The minimum absolute atomic E-state index is 0.0166. The molecule has 0 aromatic rings. The number of hydrogen-bond acceptors (Lipinski definition) is 6. The summed E-state index contributed by atoms with van der Waals surface area (Å²) in [7, 11) is 0.